The SMILES string of the molecule is CCC(C)(CC)CCCOS(=O)(=O)c1ccc(C)cc1. The van der Waals surface area contributed by atoms with Gasteiger partial charge >= 0.3 is 0 Å². The Morgan fingerprint density at radius 2 is 1.65 bits per heavy atom. The lowest BCUT2D eigenvalue weighted by Crippen LogP contribution is -2.15. The van der Waals surface area contributed by atoms with Crippen LogP contribution in [0, 0.1) is 12.3 Å². The van der Waals surface area contributed by atoms with Crippen LogP contribution in [0.5, 0.6) is 0 Å². The number of benzene rings is 1. The molecule has 3 nitrogen and oxygen atoms in total. The van der Waals surface area contributed by atoms with E-state index in [1.807, 2.05) is 6.92 Å². The second-order valence-corrected chi connectivity index (χ2v) is 7.33. The van der Waals surface area contributed by atoms with E-state index < -0.39 is 10.1 Å². The predicted molar refractivity (Wildman–Crippen MR) is 82.2 cm³/mol. The Kier molecular flexibility index (Phi) is 6.21. The quantitative estimate of drug-likeness (QED) is 0.530. The molecule has 4 heteroatoms. The van der Waals surface area contributed by atoms with Crippen molar-refractivity contribution in [3.63, 3.8) is 0 Å². The number of hydrogen-bond acceptors (Lipinski definition) is 3. The second kappa shape index (κ2) is 7.23. The maximum absolute atomic E-state index is 12.0. The molecule has 0 unspecified atom stereocenters. The average Bonchev–Trinajstić information content (AvgIpc) is 2.44. The van der Waals surface area contributed by atoms with E-state index in [-0.39, 0.29) is 16.9 Å². The Labute approximate surface area is 123 Å². The van der Waals surface area contributed by atoms with Gasteiger partial charge in [-0.1, -0.05) is 51.3 Å². The maximum atomic E-state index is 12.0. The highest BCUT2D eigenvalue weighted by Gasteiger charge is 2.20. The number of aryl methyl sites for hydroxylation is 1. The van der Waals surface area contributed by atoms with Gasteiger partial charge in [0.15, 0.2) is 0 Å². The fourth-order valence-electron chi connectivity index (χ4n) is 2.04. The van der Waals surface area contributed by atoms with Gasteiger partial charge in [-0.25, -0.2) is 0 Å². The summed E-state index contributed by atoms with van der Waals surface area (Å²) in [6.45, 7) is 8.77. The van der Waals surface area contributed by atoms with Crippen LogP contribution in [0.2, 0.25) is 0 Å². The molecule has 114 valence electrons. The van der Waals surface area contributed by atoms with Gasteiger partial charge in [-0.05, 0) is 37.3 Å². The predicted octanol–water partition coefficient (Wildman–Crippen LogP) is 4.31. The van der Waals surface area contributed by atoms with E-state index in [9.17, 15) is 8.42 Å². The third kappa shape index (κ3) is 4.91. The van der Waals surface area contributed by atoms with Gasteiger partial charge in [-0.15, -0.1) is 0 Å². The fraction of sp³-hybridized carbons (Fsp3) is 0.625. The topological polar surface area (TPSA) is 43.4 Å². The third-order valence-electron chi connectivity index (χ3n) is 4.18. The van der Waals surface area contributed by atoms with E-state index in [4.69, 9.17) is 4.18 Å². The molecule has 0 fully saturated rings. The van der Waals surface area contributed by atoms with Crippen molar-refractivity contribution < 1.29 is 12.6 Å². The van der Waals surface area contributed by atoms with E-state index >= 15 is 0 Å². The molecule has 0 saturated carbocycles. The van der Waals surface area contributed by atoms with Gasteiger partial charge in [0.05, 0.1) is 11.5 Å². The molecule has 20 heavy (non-hydrogen) atoms. The van der Waals surface area contributed by atoms with Crippen LogP contribution in [0.1, 0.15) is 52.0 Å². The summed E-state index contributed by atoms with van der Waals surface area (Å²) in [6, 6.07) is 6.74. The molecule has 1 aromatic carbocycles. The Hall–Kier alpha value is -0.870. The minimum atomic E-state index is -3.61. The summed E-state index contributed by atoms with van der Waals surface area (Å²) in [5.74, 6) is 0. The fourth-order valence-corrected chi connectivity index (χ4v) is 2.99. The van der Waals surface area contributed by atoms with Crippen LogP contribution in [0.15, 0.2) is 29.2 Å². The van der Waals surface area contributed by atoms with Crippen LogP contribution in [-0.4, -0.2) is 15.0 Å². The minimum Gasteiger partial charge on any atom is -0.266 e. The molecule has 1 aromatic rings. The Bertz CT molecular complexity index is 499. The van der Waals surface area contributed by atoms with Gasteiger partial charge in [0.25, 0.3) is 10.1 Å². The van der Waals surface area contributed by atoms with Crippen LogP contribution in [0.4, 0.5) is 0 Å². The van der Waals surface area contributed by atoms with Crippen molar-refractivity contribution in [1.29, 1.82) is 0 Å². The zero-order chi connectivity index (χ0) is 15.2. The third-order valence-corrected chi connectivity index (χ3v) is 5.51. The summed E-state index contributed by atoms with van der Waals surface area (Å²) in [5.41, 5.74) is 1.32. The summed E-state index contributed by atoms with van der Waals surface area (Å²) in [5, 5.41) is 0. The first-order chi connectivity index (χ1) is 9.33. The van der Waals surface area contributed by atoms with Crippen molar-refractivity contribution in [3.8, 4) is 0 Å². The van der Waals surface area contributed by atoms with E-state index in [2.05, 4.69) is 20.8 Å². The Morgan fingerprint density at radius 1 is 1.10 bits per heavy atom. The molecule has 0 aliphatic carbocycles. The van der Waals surface area contributed by atoms with Gasteiger partial charge in [-0.3, -0.25) is 4.18 Å². The molecular weight excluding hydrogens is 272 g/mol. The van der Waals surface area contributed by atoms with Crippen molar-refractivity contribution >= 4 is 10.1 Å². The lowest BCUT2D eigenvalue weighted by Gasteiger charge is -2.26. The highest BCUT2D eigenvalue weighted by molar-refractivity contribution is 7.86. The summed E-state index contributed by atoms with van der Waals surface area (Å²) in [6.07, 6.45) is 3.97. The monoisotopic (exact) mass is 298 g/mol. The molecule has 0 aromatic heterocycles. The standard InChI is InChI=1S/C16H26O3S/c1-5-16(4,6-2)12-7-13-19-20(17,18)15-10-8-14(3)9-11-15/h8-11H,5-7,12-13H2,1-4H3. The van der Waals surface area contributed by atoms with Crippen LogP contribution in [-0.2, 0) is 14.3 Å². The van der Waals surface area contributed by atoms with Gasteiger partial charge in [0.2, 0.25) is 0 Å². The van der Waals surface area contributed by atoms with E-state index in [1.54, 1.807) is 24.3 Å². The molecule has 0 bridgehead atoms. The van der Waals surface area contributed by atoms with Crippen molar-refractivity contribution in [3.05, 3.63) is 29.8 Å². The lowest BCUT2D eigenvalue weighted by atomic mass is 9.80. The number of hydrogen-bond donors (Lipinski definition) is 0. The molecule has 0 radical (unpaired) electrons. The van der Waals surface area contributed by atoms with Crippen LogP contribution < -0.4 is 0 Å². The zero-order valence-corrected chi connectivity index (χ0v) is 13.8. The first-order valence-corrected chi connectivity index (χ1v) is 8.70. The second-order valence-electron chi connectivity index (χ2n) is 5.71. The molecule has 0 atom stereocenters. The Balaban J connectivity index is 2.51. The zero-order valence-electron chi connectivity index (χ0n) is 13.0. The molecule has 0 amide bonds. The highest BCUT2D eigenvalue weighted by atomic mass is 32.2. The molecule has 0 saturated heterocycles. The molecule has 1 rings (SSSR count). The molecular formula is C16H26O3S. The van der Waals surface area contributed by atoms with Crippen molar-refractivity contribution in [2.24, 2.45) is 5.41 Å². The smallest absolute Gasteiger partial charge is 0.266 e. The Morgan fingerprint density at radius 3 is 2.15 bits per heavy atom. The average molecular weight is 298 g/mol. The van der Waals surface area contributed by atoms with Crippen LogP contribution in [0.25, 0.3) is 0 Å². The van der Waals surface area contributed by atoms with E-state index in [0.717, 1.165) is 31.2 Å². The largest absolute Gasteiger partial charge is 0.296 e. The number of rotatable bonds is 8. The van der Waals surface area contributed by atoms with E-state index in [0.29, 0.717) is 0 Å². The molecule has 0 N–H and O–H groups in total. The summed E-state index contributed by atoms with van der Waals surface area (Å²) in [7, 11) is -3.61. The molecule has 0 aliphatic heterocycles. The summed E-state index contributed by atoms with van der Waals surface area (Å²) >= 11 is 0. The highest BCUT2D eigenvalue weighted by Crippen LogP contribution is 2.31. The first kappa shape index (κ1) is 17.2. The van der Waals surface area contributed by atoms with Gasteiger partial charge < -0.3 is 0 Å². The van der Waals surface area contributed by atoms with Crippen LogP contribution >= 0.6 is 0 Å². The molecule has 0 spiro atoms. The normalized spacial score (nSPS) is 12.6. The van der Waals surface area contributed by atoms with Gasteiger partial charge in [-0.2, -0.15) is 8.42 Å². The van der Waals surface area contributed by atoms with Gasteiger partial charge in [0.1, 0.15) is 0 Å². The maximum Gasteiger partial charge on any atom is 0.296 e. The van der Waals surface area contributed by atoms with E-state index in [1.165, 1.54) is 0 Å². The first-order valence-electron chi connectivity index (χ1n) is 7.29. The summed E-state index contributed by atoms with van der Waals surface area (Å²) < 4.78 is 29.1. The van der Waals surface area contributed by atoms with Crippen molar-refractivity contribution in [1.82, 2.24) is 0 Å². The lowest BCUT2D eigenvalue weighted by molar-refractivity contribution is 0.229. The van der Waals surface area contributed by atoms with Crippen molar-refractivity contribution in [2.75, 3.05) is 6.61 Å². The minimum absolute atomic E-state index is 0.233. The summed E-state index contributed by atoms with van der Waals surface area (Å²) in [4.78, 5) is 0.233. The van der Waals surface area contributed by atoms with Crippen molar-refractivity contribution in [2.45, 2.75) is 58.3 Å². The molecule has 0 heterocycles. The van der Waals surface area contributed by atoms with Crippen LogP contribution in [0.3, 0.4) is 0 Å². The molecule has 0 aliphatic rings. The van der Waals surface area contributed by atoms with Gasteiger partial charge in [0, 0.05) is 0 Å².